The molecular weight excluding hydrogens is 244 g/mol. The highest BCUT2D eigenvalue weighted by Gasteiger charge is 2.39. The van der Waals surface area contributed by atoms with E-state index < -0.39 is 0 Å². The molecule has 2 aliphatic rings. The van der Waals surface area contributed by atoms with E-state index in [0.29, 0.717) is 5.41 Å². The Morgan fingerprint density at radius 3 is 2.45 bits per heavy atom. The molecule has 0 aromatic carbocycles. The van der Waals surface area contributed by atoms with E-state index in [-0.39, 0.29) is 0 Å². The quantitative estimate of drug-likeness (QED) is 0.649. The van der Waals surface area contributed by atoms with Crippen LogP contribution in [0.5, 0.6) is 0 Å². The highest BCUT2D eigenvalue weighted by molar-refractivity contribution is 4.94. The highest BCUT2D eigenvalue weighted by atomic mass is 15.2. The summed E-state index contributed by atoms with van der Waals surface area (Å²) in [6, 6.07) is 0.934. The molecule has 2 saturated carbocycles. The van der Waals surface area contributed by atoms with E-state index in [1.54, 1.807) is 0 Å². The van der Waals surface area contributed by atoms with Crippen LogP contribution in [0.1, 0.15) is 72.1 Å². The number of nitrogens with one attached hydrogen (secondary N) is 1. The van der Waals surface area contributed by atoms with Crippen LogP contribution in [0.25, 0.3) is 0 Å². The molecule has 20 heavy (non-hydrogen) atoms. The van der Waals surface area contributed by atoms with Gasteiger partial charge in [-0.25, -0.2) is 0 Å². The molecule has 0 amide bonds. The number of hydrogen-bond donors (Lipinski definition) is 1. The molecule has 0 saturated heterocycles. The molecule has 0 heterocycles. The number of hydrogen-bond acceptors (Lipinski definition) is 2. The molecule has 0 aromatic rings. The Balaban J connectivity index is 1.85. The van der Waals surface area contributed by atoms with Crippen molar-refractivity contribution in [2.24, 2.45) is 11.3 Å². The van der Waals surface area contributed by atoms with Gasteiger partial charge in [0.2, 0.25) is 0 Å². The SMILES string of the molecule is CCCCN(CC1(CNCC(C)C)CCCC1)C1CC1. The second kappa shape index (κ2) is 7.79. The molecule has 0 aromatic heterocycles. The van der Waals surface area contributed by atoms with Crippen LogP contribution >= 0.6 is 0 Å². The lowest BCUT2D eigenvalue weighted by Gasteiger charge is -2.36. The summed E-state index contributed by atoms with van der Waals surface area (Å²) in [6.45, 7) is 12.1. The third-order valence-electron chi connectivity index (χ3n) is 5.12. The molecule has 2 aliphatic carbocycles. The van der Waals surface area contributed by atoms with Crippen molar-refractivity contribution in [2.75, 3.05) is 26.2 Å². The minimum atomic E-state index is 0.589. The number of nitrogens with zero attached hydrogens (tertiary/aromatic N) is 1. The van der Waals surface area contributed by atoms with Crippen molar-refractivity contribution in [3.05, 3.63) is 0 Å². The zero-order chi connectivity index (χ0) is 14.4. The Labute approximate surface area is 126 Å². The molecule has 0 aliphatic heterocycles. The fourth-order valence-corrected chi connectivity index (χ4v) is 3.76. The fourth-order valence-electron chi connectivity index (χ4n) is 3.76. The minimum Gasteiger partial charge on any atom is -0.316 e. The van der Waals surface area contributed by atoms with E-state index in [2.05, 4.69) is 31.0 Å². The third-order valence-corrected chi connectivity index (χ3v) is 5.12. The summed E-state index contributed by atoms with van der Waals surface area (Å²) in [7, 11) is 0. The Hall–Kier alpha value is -0.0800. The number of unbranched alkanes of at least 4 members (excludes halogenated alkanes) is 1. The molecule has 0 bridgehead atoms. The van der Waals surface area contributed by atoms with Crippen LogP contribution in [0, 0.1) is 11.3 Å². The van der Waals surface area contributed by atoms with Crippen molar-refractivity contribution in [3.8, 4) is 0 Å². The van der Waals surface area contributed by atoms with E-state index in [1.165, 1.54) is 77.5 Å². The maximum atomic E-state index is 3.76. The minimum absolute atomic E-state index is 0.589. The van der Waals surface area contributed by atoms with Crippen molar-refractivity contribution < 1.29 is 0 Å². The molecular formula is C18H36N2. The first-order chi connectivity index (χ1) is 9.65. The first-order valence-corrected chi connectivity index (χ1v) is 9.10. The topological polar surface area (TPSA) is 15.3 Å². The second-order valence-electron chi connectivity index (χ2n) is 7.79. The first kappa shape index (κ1) is 16.3. The molecule has 0 spiro atoms. The van der Waals surface area contributed by atoms with Crippen LogP contribution in [0.15, 0.2) is 0 Å². The van der Waals surface area contributed by atoms with Gasteiger partial charge in [-0.2, -0.15) is 0 Å². The predicted octanol–water partition coefficient (Wildman–Crippen LogP) is 4.06. The van der Waals surface area contributed by atoms with E-state index in [0.717, 1.165) is 12.0 Å². The van der Waals surface area contributed by atoms with Crippen molar-refractivity contribution >= 4 is 0 Å². The van der Waals surface area contributed by atoms with Gasteiger partial charge in [0, 0.05) is 19.1 Å². The molecule has 2 rings (SSSR count). The van der Waals surface area contributed by atoms with Crippen LogP contribution in [0.4, 0.5) is 0 Å². The predicted molar refractivity (Wildman–Crippen MR) is 88.1 cm³/mol. The standard InChI is InChI=1S/C18H36N2/c1-4-5-12-20(17-8-9-17)15-18(10-6-7-11-18)14-19-13-16(2)3/h16-17,19H,4-15H2,1-3H3. The summed E-state index contributed by atoms with van der Waals surface area (Å²) in [5, 5.41) is 3.76. The molecule has 0 atom stereocenters. The molecule has 2 fully saturated rings. The van der Waals surface area contributed by atoms with Crippen molar-refractivity contribution in [1.29, 1.82) is 0 Å². The van der Waals surface area contributed by atoms with Crippen LogP contribution in [-0.2, 0) is 0 Å². The van der Waals surface area contributed by atoms with Gasteiger partial charge in [-0.3, -0.25) is 4.90 Å². The van der Waals surface area contributed by atoms with Gasteiger partial charge in [0.05, 0.1) is 0 Å². The molecule has 2 nitrogen and oxygen atoms in total. The highest BCUT2D eigenvalue weighted by Crippen LogP contribution is 2.40. The Kier molecular flexibility index (Phi) is 6.35. The average Bonchev–Trinajstić information content (AvgIpc) is 3.16. The lowest BCUT2D eigenvalue weighted by Crippen LogP contribution is -2.44. The zero-order valence-electron chi connectivity index (χ0n) is 14.1. The zero-order valence-corrected chi connectivity index (χ0v) is 14.1. The van der Waals surface area contributed by atoms with Gasteiger partial charge in [-0.1, -0.05) is 40.0 Å². The lowest BCUT2D eigenvalue weighted by atomic mass is 9.85. The van der Waals surface area contributed by atoms with Gasteiger partial charge in [-0.05, 0) is 56.5 Å². The Morgan fingerprint density at radius 2 is 1.90 bits per heavy atom. The summed E-state index contributed by atoms with van der Waals surface area (Å²) in [6.07, 6.45) is 11.4. The monoisotopic (exact) mass is 280 g/mol. The van der Waals surface area contributed by atoms with E-state index in [9.17, 15) is 0 Å². The lowest BCUT2D eigenvalue weighted by molar-refractivity contribution is 0.139. The largest absolute Gasteiger partial charge is 0.316 e. The summed E-state index contributed by atoms with van der Waals surface area (Å²) in [4.78, 5) is 2.84. The van der Waals surface area contributed by atoms with Gasteiger partial charge in [0.25, 0.3) is 0 Å². The van der Waals surface area contributed by atoms with Crippen molar-refractivity contribution in [2.45, 2.75) is 78.2 Å². The van der Waals surface area contributed by atoms with Gasteiger partial charge in [0.1, 0.15) is 0 Å². The van der Waals surface area contributed by atoms with Crippen LogP contribution in [0.2, 0.25) is 0 Å². The molecule has 118 valence electrons. The Bertz CT molecular complexity index is 265. The summed E-state index contributed by atoms with van der Waals surface area (Å²) in [5.41, 5.74) is 0.589. The maximum Gasteiger partial charge on any atom is 0.00966 e. The summed E-state index contributed by atoms with van der Waals surface area (Å²) < 4.78 is 0. The smallest absolute Gasteiger partial charge is 0.00966 e. The van der Waals surface area contributed by atoms with E-state index in [1.807, 2.05) is 0 Å². The molecule has 1 N–H and O–H groups in total. The van der Waals surface area contributed by atoms with Crippen LogP contribution in [-0.4, -0.2) is 37.1 Å². The first-order valence-electron chi connectivity index (χ1n) is 9.10. The van der Waals surface area contributed by atoms with Gasteiger partial charge >= 0.3 is 0 Å². The molecule has 0 unspecified atom stereocenters. The van der Waals surface area contributed by atoms with Crippen molar-refractivity contribution in [3.63, 3.8) is 0 Å². The molecule has 2 heteroatoms. The van der Waals surface area contributed by atoms with Crippen LogP contribution in [0.3, 0.4) is 0 Å². The normalized spacial score (nSPS) is 22.1. The maximum absolute atomic E-state index is 3.76. The van der Waals surface area contributed by atoms with E-state index in [4.69, 9.17) is 0 Å². The number of rotatable bonds is 10. The summed E-state index contributed by atoms with van der Waals surface area (Å²) >= 11 is 0. The van der Waals surface area contributed by atoms with Gasteiger partial charge in [0.15, 0.2) is 0 Å². The van der Waals surface area contributed by atoms with Crippen molar-refractivity contribution in [1.82, 2.24) is 10.2 Å². The van der Waals surface area contributed by atoms with Gasteiger partial charge < -0.3 is 5.32 Å². The van der Waals surface area contributed by atoms with E-state index >= 15 is 0 Å². The van der Waals surface area contributed by atoms with Gasteiger partial charge in [-0.15, -0.1) is 0 Å². The summed E-state index contributed by atoms with van der Waals surface area (Å²) in [5.74, 6) is 0.771. The van der Waals surface area contributed by atoms with Crippen LogP contribution < -0.4 is 5.32 Å². The average molecular weight is 280 g/mol. The fraction of sp³-hybridized carbons (Fsp3) is 1.00. The molecule has 0 radical (unpaired) electrons. The third kappa shape index (κ3) is 5.04. The Morgan fingerprint density at radius 1 is 1.20 bits per heavy atom. The second-order valence-corrected chi connectivity index (χ2v) is 7.79.